The Hall–Kier alpha value is -3.12. The first-order chi connectivity index (χ1) is 13.6. The van der Waals surface area contributed by atoms with Crippen LogP contribution in [0.1, 0.15) is 18.1 Å². The molecule has 144 valence electrons. The van der Waals surface area contributed by atoms with Gasteiger partial charge in [0.05, 0.1) is 12.8 Å². The molecule has 3 rings (SSSR count). The highest BCUT2D eigenvalue weighted by molar-refractivity contribution is 7.80. The summed E-state index contributed by atoms with van der Waals surface area (Å²) < 4.78 is 11.0. The predicted molar refractivity (Wildman–Crippen MR) is 116 cm³/mol. The van der Waals surface area contributed by atoms with Gasteiger partial charge < -0.3 is 14.8 Å². The van der Waals surface area contributed by atoms with Crippen molar-refractivity contribution >= 4 is 35.0 Å². The molecule has 0 radical (unpaired) electrons. The Balaban J connectivity index is 1.90. The van der Waals surface area contributed by atoms with Gasteiger partial charge >= 0.3 is 0 Å². The summed E-state index contributed by atoms with van der Waals surface area (Å²) in [5.41, 5.74) is 3.08. The molecule has 2 aromatic carbocycles. The molecule has 0 aromatic heterocycles. The number of amides is 1. The number of hydrogen-bond donors (Lipinski definition) is 1. The van der Waals surface area contributed by atoms with Crippen molar-refractivity contribution in [3.05, 3.63) is 71.9 Å². The molecule has 0 atom stereocenters. The maximum atomic E-state index is 13.0. The number of benzene rings is 2. The molecular formula is C22H22N2O3S. The number of carbonyl (C=O) groups is 1. The number of nitrogens with one attached hydrogen (secondary N) is 1. The van der Waals surface area contributed by atoms with Crippen molar-refractivity contribution < 1.29 is 14.3 Å². The summed E-state index contributed by atoms with van der Waals surface area (Å²) in [7, 11) is 1.57. The van der Waals surface area contributed by atoms with Gasteiger partial charge in [-0.1, -0.05) is 43.8 Å². The first-order valence-corrected chi connectivity index (χ1v) is 9.36. The molecule has 1 N–H and O–H groups in total. The van der Waals surface area contributed by atoms with E-state index in [2.05, 4.69) is 18.8 Å². The second kappa shape index (κ2) is 8.71. The van der Waals surface area contributed by atoms with Crippen LogP contribution in [0, 0.1) is 0 Å². The van der Waals surface area contributed by atoms with Crippen LogP contribution in [0.4, 0.5) is 5.69 Å². The Kier molecular flexibility index (Phi) is 6.11. The lowest BCUT2D eigenvalue weighted by molar-refractivity contribution is -0.113. The summed E-state index contributed by atoms with van der Waals surface area (Å²) in [5, 5.41) is 3.39. The number of rotatable bonds is 7. The van der Waals surface area contributed by atoms with E-state index < -0.39 is 0 Å². The summed E-state index contributed by atoms with van der Waals surface area (Å²) in [6.07, 6.45) is 4.23. The third kappa shape index (κ3) is 3.92. The molecule has 6 heteroatoms. The largest absolute Gasteiger partial charge is 0.493 e. The van der Waals surface area contributed by atoms with E-state index in [0.29, 0.717) is 28.9 Å². The number of methoxy groups -OCH3 is 1. The Bertz CT molecular complexity index is 953. The van der Waals surface area contributed by atoms with E-state index in [0.717, 1.165) is 23.2 Å². The second-order valence-electron chi connectivity index (χ2n) is 6.12. The van der Waals surface area contributed by atoms with E-state index in [1.807, 2.05) is 36.4 Å². The third-order valence-electron chi connectivity index (χ3n) is 4.35. The molecule has 1 aliphatic heterocycles. The minimum atomic E-state index is -0.183. The van der Waals surface area contributed by atoms with E-state index in [1.54, 1.807) is 30.2 Å². The number of thiocarbonyl (C=S) groups is 1. The highest BCUT2D eigenvalue weighted by Gasteiger charge is 2.32. The van der Waals surface area contributed by atoms with E-state index in [-0.39, 0.29) is 5.91 Å². The Morgan fingerprint density at radius 3 is 2.71 bits per heavy atom. The zero-order valence-corrected chi connectivity index (χ0v) is 16.7. The van der Waals surface area contributed by atoms with Gasteiger partial charge in [0.15, 0.2) is 16.6 Å². The maximum Gasteiger partial charge on any atom is 0.281 e. The van der Waals surface area contributed by atoms with E-state index in [4.69, 9.17) is 21.7 Å². The Morgan fingerprint density at radius 1 is 1.21 bits per heavy atom. The summed E-state index contributed by atoms with van der Waals surface area (Å²) >= 11 is 5.42. The fraction of sp³-hybridized carbons (Fsp3) is 0.182. The fourth-order valence-electron chi connectivity index (χ4n) is 2.99. The van der Waals surface area contributed by atoms with Gasteiger partial charge in [-0.2, -0.15) is 0 Å². The van der Waals surface area contributed by atoms with Crippen LogP contribution in [0.3, 0.4) is 0 Å². The van der Waals surface area contributed by atoms with Crippen LogP contribution in [-0.4, -0.2) is 24.7 Å². The number of para-hydroxylation sites is 1. The predicted octanol–water partition coefficient (Wildman–Crippen LogP) is 4.08. The van der Waals surface area contributed by atoms with Gasteiger partial charge in [-0.05, 0) is 54.0 Å². The Labute approximate surface area is 170 Å². The van der Waals surface area contributed by atoms with Crippen LogP contribution in [0.2, 0.25) is 0 Å². The zero-order chi connectivity index (χ0) is 20.1. The van der Waals surface area contributed by atoms with Gasteiger partial charge in [0.25, 0.3) is 5.91 Å². The van der Waals surface area contributed by atoms with Crippen molar-refractivity contribution in [2.75, 3.05) is 18.6 Å². The number of anilines is 1. The van der Waals surface area contributed by atoms with Crippen molar-refractivity contribution in [2.45, 2.75) is 13.3 Å². The minimum absolute atomic E-state index is 0.183. The first kappa shape index (κ1) is 19.6. The number of carbonyl (C=O) groups excluding carboxylic acids is 1. The molecule has 1 fully saturated rings. The molecule has 28 heavy (non-hydrogen) atoms. The molecule has 1 heterocycles. The number of hydrogen-bond acceptors (Lipinski definition) is 4. The van der Waals surface area contributed by atoms with Crippen LogP contribution < -0.4 is 19.7 Å². The molecule has 0 aliphatic carbocycles. The number of nitrogens with zero attached hydrogens (tertiary/aromatic N) is 1. The van der Waals surface area contributed by atoms with Crippen molar-refractivity contribution in [1.82, 2.24) is 5.32 Å². The van der Waals surface area contributed by atoms with Crippen LogP contribution in [0.5, 0.6) is 11.5 Å². The van der Waals surface area contributed by atoms with Crippen LogP contribution in [0.25, 0.3) is 6.08 Å². The number of ether oxygens (including phenoxy) is 2. The molecular weight excluding hydrogens is 372 g/mol. The zero-order valence-electron chi connectivity index (χ0n) is 15.9. The highest BCUT2D eigenvalue weighted by Crippen LogP contribution is 2.30. The summed E-state index contributed by atoms with van der Waals surface area (Å²) in [5.74, 6) is 1.01. The third-order valence-corrected chi connectivity index (χ3v) is 4.63. The monoisotopic (exact) mass is 394 g/mol. The topological polar surface area (TPSA) is 50.8 Å². The Morgan fingerprint density at radius 2 is 2.00 bits per heavy atom. The van der Waals surface area contributed by atoms with Crippen molar-refractivity contribution in [3.8, 4) is 11.5 Å². The van der Waals surface area contributed by atoms with Gasteiger partial charge in [0.1, 0.15) is 12.3 Å². The lowest BCUT2D eigenvalue weighted by Crippen LogP contribution is -2.31. The van der Waals surface area contributed by atoms with Crippen molar-refractivity contribution in [2.24, 2.45) is 0 Å². The highest BCUT2D eigenvalue weighted by atomic mass is 32.1. The van der Waals surface area contributed by atoms with Gasteiger partial charge in [-0.25, -0.2) is 0 Å². The summed E-state index contributed by atoms with van der Waals surface area (Å²) in [6, 6.07) is 13.2. The van der Waals surface area contributed by atoms with Crippen LogP contribution in [0.15, 0.2) is 60.8 Å². The van der Waals surface area contributed by atoms with Gasteiger partial charge in [-0.15, -0.1) is 0 Å². The normalized spacial score (nSPS) is 14.9. The van der Waals surface area contributed by atoms with E-state index in [1.165, 1.54) is 0 Å². The van der Waals surface area contributed by atoms with Crippen LogP contribution in [-0.2, 0) is 11.2 Å². The summed E-state index contributed by atoms with van der Waals surface area (Å²) in [4.78, 5) is 14.5. The number of aryl methyl sites for hydroxylation is 1. The first-order valence-electron chi connectivity index (χ1n) is 8.95. The molecule has 2 aromatic rings. The van der Waals surface area contributed by atoms with Crippen molar-refractivity contribution in [1.29, 1.82) is 0 Å². The minimum Gasteiger partial charge on any atom is -0.493 e. The quantitative estimate of drug-likeness (QED) is 0.436. The molecule has 0 spiro atoms. The SMILES string of the molecule is C=CCOc1ccc(/C=C2/NC(=S)N(c3ccccc3CC)C2=O)cc1OC. The molecule has 1 aliphatic rings. The summed E-state index contributed by atoms with van der Waals surface area (Å²) in [6.45, 7) is 6.08. The van der Waals surface area contributed by atoms with Crippen molar-refractivity contribution in [3.63, 3.8) is 0 Å². The average Bonchev–Trinajstić information content (AvgIpc) is 2.99. The van der Waals surface area contributed by atoms with E-state index >= 15 is 0 Å². The van der Waals surface area contributed by atoms with E-state index in [9.17, 15) is 4.79 Å². The molecule has 1 amide bonds. The standard InChI is InChI=1S/C22H22N2O3S/c1-4-12-27-19-11-10-15(14-20(19)26-3)13-17-21(25)24(22(28)23-17)18-9-7-6-8-16(18)5-2/h4,6-11,13-14H,1,5,12H2,2-3H3,(H,23,28)/b17-13+. The maximum absolute atomic E-state index is 13.0. The smallest absolute Gasteiger partial charge is 0.281 e. The molecule has 1 saturated heterocycles. The van der Waals surface area contributed by atoms with Crippen LogP contribution >= 0.6 is 12.2 Å². The fourth-order valence-corrected chi connectivity index (χ4v) is 3.28. The van der Waals surface area contributed by atoms with Gasteiger partial charge in [0.2, 0.25) is 0 Å². The second-order valence-corrected chi connectivity index (χ2v) is 6.51. The molecule has 5 nitrogen and oxygen atoms in total. The molecule has 0 saturated carbocycles. The lowest BCUT2D eigenvalue weighted by atomic mass is 10.1. The molecule has 0 unspecified atom stereocenters. The molecule has 0 bridgehead atoms. The van der Waals surface area contributed by atoms with Gasteiger partial charge in [-0.3, -0.25) is 9.69 Å². The lowest BCUT2D eigenvalue weighted by Gasteiger charge is -2.17. The average molecular weight is 394 g/mol. The van der Waals surface area contributed by atoms with Gasteiger partial charge in [0, 0.05) is 0 Å².